The highest BCUT2D eigenvalue weighted by atomic mass is 16.4. The highest BCUT2D eigenvalue weighted by molar-refractivity contribution is 5.77. The molecule has 2 unspecified atom stereocenters. The maximum atomic E-state index is 12.3. The number of likely N-dealkylation sites (tertiary alicyclic amines) is 1. The molecule has 2 atom stereocenters. The Bertz CT molecular complexity index is 712. The molecule has 0 spiro atoms. The lowest BCUT2D eigenvalue weighted by Crippen LogP contribution is -2.40. The topological polar surface area (TPSA) is 87.5 Å². The van der Waals surface area contributed by atoms with Crippen LogP contribution in [0.2, 0.25) is 0 Å². The minimum absolute atomic E-state index is 0.159. The lowest BCUT2D eigenvalue weighted by molar-refractivity contribution is -0.141. The fourth-order valence-electron chi connectivity index (χ4n) is 2.84. The van der Waals surface area contributed by atoms with Crippen molar-refractivity contribution >= 4 is 12.0 Å². The molecular weight excluding hydrogens is 308 g/mol. The summed E-state index contributed by atoms with van der Waals surface area (Å²) < 4.78 is 1.77. The van der Waals surface area contributed by atoms with Gasteiger partial charge in [0.1, 0.15) is 0 Å². The number of aromatic nitrogens is 2. The van der Waals surface area contributed by atoms with Crippen LogP contribution in [0, 0.1) is 5.92 Å². The zero-order valence-electron chi connectivity index (χ0n) is 13.4. The number of benzene rings is 1. The van der Waals surface area contributed by atoms with E-state index in [0.29, 0.717) is 13.0 Å². The Labute approximate surface area is 139 Å². The zero-order chi connectivity index (χ0) is 17.1. The number of carboxylic acid groups (broad SMARTS) is 1. The van der Waals surface area contributed by atoms with E-state index < -0.39 is 11.9 Å². The number of nitrogens with one attached hydrogen (secondary N) is 1. The molecule has 1 saturated heterocycles. The van der Waals surface area contributed by atoms with Crippen LogP contribution in [0.1, 0.15) is 24.9 Å². The summed E-state index contributed by atoms with van der Waals surface area (Å²) in [5.74, 6) is -1.30. The molecule has 1 aliphatic heterocycles. The van der Waals surface area contributed by atoms with E-state index in [1.807, 2.05) is 43.5 Å². The van der Waals surface area contributed by atoms with Crippen LogP contribution in [0.15, 0.2) is 42.7 Å². The maximum Gasteiger partial charge on any atom is 0.317 e. The normalized spacial score (nSPS) is 18.4. The van der Waals surface area contributed by atoms with E-state index in [1.54, 1.807) is 15.8 Å². The first-order valence-corrected chi connectivity index (χ1v) is 7.93. The van der Waals surface area contributed by atoms with E-state index in [-0.39, 0.29) is 18.6 Å². The predicted molar refractivity (Wildman–Crippen MR) is 87.8 cm³/mol. The molecular formula is C17H20N4O3. The van der Waals surface area contributed by atoms with Crippen LogP contribution in [-0.2, 0) is 4.79 Å². The monoisotopic (exact) mass is 328 g/mol. The van der Waals surface area contributed by atoms with E-state index in [1.165, 1.54) is 0 Å². The van der Waals surface area contributed by atoms with E-state index in [4.69, 9.17) is 5.11 Å². The number of carbonyl (C=O) groups is 2. The summed E-state index contributed by atoms with van der Waals surface area (Å²) in [5, 5.41) is 16.1. The number of urea groups is 1. The second-order valence-electron chi connectivity index (χ2n) is 5.98. The molecule has 7 nitrogen and oxygen atoms in total. The summed E-state index contributed by atoms with van der Waals surface area (Å²) in [5.41, 5.74) is 1.93. The lowest BCUT2D eigenvalue weighted by atomic mass is 10.1. The van der Waals surface area contributed by atoms with Crippen molar-refractivity contribution in [1.29, 1.82) is 0 Å². The summed E-state index contributed by atoms with van der Waals surface area (Å²) in [4.78, 5) is 24.8. The molecule has 24 heavy (non-hydrogen) atoms. The highest BCUT2D eigenvalue weighted by Gasteiger charge is 2.31. The molecule has 0 bridgehead atoms. The summed E-state index contributed by atoms with van der Waals surface area (Å²) >= 11 is 0. The Morgan fingerprint density at radius 3 is 2.67 bits per heavy atom. The van der Waals surface area contributed by atoms with Gasteiger partial charge in [0.05, 0.1) is 17.6 Å². The Kier molecular flexibility index (Phi) is 4.50. The summed E-state index contributed by atoms with van der Waals surface area (Å²) in [6.45, 7) is 2.66. The van der Waals surface area contributed by atoms with Gasteiger partial charge in [0.2, 0.25) is 0 Å². The molecule has 1 fully saturated rings. The third kappa shape index (κ3) is 3.40. The highest BCUT2D eigenvalue weighted by Crippen LogP contribution is 2.19. The van der Waals surface area contributed by atoms with Gasteiger partial charge >= 0.3 is 12.0 Å². The average Bonchev–Trinajstić information content (AvgIpc) is 3.26. The lowest BCUT2D eigenvalue weighted by Gasteiger charge is -2.21. The van der Waals surface area contributed by atoms with Gasteiger partial charge in [-0.1, -0.05) is 12.1 Å². The smallest absolute Gasteiger partial charge is 0.317 e. The molecule has 0 saturated carbocycles. The van der Waals surface area contributed by atoms with Crippen LogP contribution in [0.4, 0.5) is 4.79 Å². The SMILES string of the molecule is CC(NC(=O)N1CCC(C(=O)O)C1)c1ccc(-n2cccn2)cc1. The van der Waals surface area contributed by atoms with Crippen molar-refractivity contribution < 1.29 is 14.7 Å². The first-order chi connectivity index (χ1) is 11.5. The Morgan fingerprint density at radius 1 is 1.33 bits per heavy atom. The van der Waals surface area contributed by atoms with E-state index in [2.05, 4.69) is 10.4 Å². The van der Waals surface area contributed by atoms with E-state index in [9.17, 15) is 9.59 Å². The summed E-state index contributed by atoms with van der Waals surface area (Å²) in [6, 6.07) is 9.27. The van der Waals surface area contributed by atoms with Crippen LogP contribution in [0.5, 0.6) is 0 Å². The standard InChI is InChI=1S/C17H20N4O3/c1-12(19-17(24)20-10-7-14(11-20)16(22)23)13-3-5-15(6-4-13)21-9-2-8-18-21/h2-6,8-9,12,14H,7,10-11H2,1H3,(H,19,24)(H,22,23). The quantitative estimate of drug-likeness (QED) is 0.899. The number of carbonyl (C=O) groups excluding carboxylic acids is 1. The number of hydrogen-bond donors (Lipinski definition) is 2. The molecule has 2 heterocycles. The van der Waals surface area contributed by atoms with Gasteiger partial charge in [-0.3, -0.25) is 4.79 Å². The summed E-state index contributed by atoms with van der Waals surface area (Å²) in [7, 11) is 0. The molecule has 2 N–H and O–H groups in total. The van der Waals surface area contributed by atoms with Crippen LogP contribution < -0.4 is 5.32 Å². The number of nitrogens with zero attached hydrogens (tertiary/aromatic N) is 3. The van der Waals surface area contributed by atoms with Crippen molar-refractivity contribution in [3.63, 3.8) is 0 Å². The zero-order valence-corrected chi connectivity index (χ0v) is 13.4. The van der Waals surface area contributed by atoms with Crippen molar-refractivity contribution in [3.8, 4) is 5.69 Å². The van der Waals surface area contributed by atoms with Crippen LogP contribution in [-0.4, -0.2) is 44.9 Å². The molecule has 0 radical (unpaired) electrons. The van der Waals surface area contributed by atoms with Gasteiger partial charge in [-0.05, 0) is 37.1 Å². The Morgan fingerprint density at radius 2 is 2.08 bits per heavy atom. The number of carboxylic acids is 1. The van der Waals surface area contributed by atoms with Gasteiger partial charge < -0.3 is 15.3 Å². The molecule has 2 amide bonds. The van der Waals surface area contributed by atoms with E-state index in [0.717, 1.165) is 11.3 Å². The van der Waals surface area contributed by atoms with Gasteiger partial charge in [-0.2, -0.15) is 5.10 Å². The van der Waals surface area contributed by atoms with Gasteiger partial charge in [-0.25, -0.2) is 9.48 Å². The molecule has 7 heteroatoms. The number of amides is 2. The second-order valence-corrected chi connectivity index (χ2v) is 5.98. The first-order valence-electron chi connectivity index (χ1n) is 7.93. The number of rotatable bonds is 4. The fraction of sp³-hybridized carbons (Fsp3) is 0.353. The average molecular weight is 328 g/mol. The molecule has 3 rings (SSSR count). The summed E-state index contributed by atoms with van der Waals surface area (Å²) in [6.07, 6.45) is 4.10. The minimum Gasteiger partial charge on any atom is -0.481 e. The van der Waals surface area contributed by atoms with Crippen LogP contribution in [0.3, 0.4) is 0 Å². The predicted octanol–water partition coefficient (Wildman–Crippen LogP) is 2.05. The maximum absolute atomic E-state index is 12.3. The Hall–Kier alpha value is -2.83. The van der Waals surface area contributed by atoms with Crippen molar-refractivity contribution in [1.82, 2.24) is 20.0 Å². The Balaban J connectivity index is 1.59. The molecule has 1 aromatic heterocycles. The molecule has 2 aromatic rings. The van der Waals surface area contributed by atoms with Crippen LogP contribution in [0.25, 0.3) is 5.69 Å². The van der Waals surface area contributed by atoms with Gasteiger partial charge in [-0.15, -0.1) is 0 Å². The first kappa shape index (κ1) is 16.0. The third-order valence-electron chi connectivity index (χ3n) is 4.33. The number of hydrogen-bond acceptors (Lipinski definition) is 3. The van der Waals surface area contributed by atoms with Crippen molar-refractivity contribution in [2.75, 3.05) is 13.1 Å². The van der Waals surface area contributed by atoms with Crippen LogP contribution >= 0.6 is 0 Å². The molecule has 1 aromatic carbocycles. The van der Waals surface area contributed by atoms with Crippen molar-refractivity contribution in [2.45, 2.75) is 19.4 Å². The molecule has 126 valence electrons. The third-order valence-corrected chi connectivity index (χ3v) is 4.33. The van der Waals surface area contributed by atoms with E-state index >= 15 is 0 Å². The van der Waals surface area contributed by atoms with Gasteiger partial charge in [0, 0.05) is 25.5 Å². The van der Waals surface area contributed by atoms with Gasteiger partial charge in [0.25, 0.3) is 0 Å². The fourth-order valence-corrected chi connectivity index (χ4v) is 2.84. The largest absolute Gasteiger partial charge is 0.481 e. The van der Waals surface area contributed by atoms with Gasteiger partial charge in [0.15, 0.2) is 0 Å². The number of aliphatic carboxylic acids is 1. The molecule has 1 aliphatic rings. The second kappa shape index (κ2) is 6.74. The van der Waals surface area contributed by atoms with Crippen molar-refractivity contribution in [2.24, 2.45) is 5.92 Å². The van der Waals surface area contributed by atoms with Crippen molar-refractivity contribution in [3.05, 3.63) is 48.3 Å². The molecule has 0 aliphatic carbocycles. The minimum atomic E-state index is -0.840.